The normalized spacial score (nSPS) is 19.1. The van der Waals surface area contributed by atoms with Gasteiger partial charge in [0.25, 0.3) is 0 Å². The molecule has 1 saturated heterocycles. The maximum atomic E-state index is 11.7. The Morgan fingerprint density at radius 2 is 2.44 bits per heavy atom. The molecule has 1 fully saturated rings. The molecule has 1 aromatic rings. The van der Waals surface area contributed by atoms with Gasteiger partial charge in [-0.1, -0.05) is 0 Å². The van der Waals surface area contributed by atoms with Gasteiger partial charge in [-0.3, -0.25) is 4.79 Å². The van der Waals surface area contributed by atoms with Gasteiger partial charge in [0, 0.05) is 23.9 Å². The van der Waals surface area contributed by atoms with Crippen molar-refractivity contribution < 1.29 is 4.79 Å². The second kappa shape index (κ2) is 7.26. The van der Waals surface area contributed by atoms with Crippen LogP contribution >= 0.6 is 27.3 Å². The van der Waals surface area contributed by atoms with Crippen LogP contribution in [0.5, 0.6) is 0 Å². The second-order valence-electron chi connectivity index (χ2n) is 4.64. The first-order valence-corrected chi connectivity index (χ1v) is 8.09. The standard InChI is InChI=1S/C13H19BrN2OS/c14-12-5-4-11(18-12)7-9-16-13(17)6-3-10-2-1-8-15-10/h4-5,10,15H,1-3,6-9H2,(H,16,17). The number of carbonyl (C=O) groups is 1. The average molecular weight is 331 g/mol. The lowest BCUT2D eigenvalue weighted by Gasteiger charge is -2.09. The molecule has 2 rings (SSSR count). The van der Waals surface area contributed by atoms with Crippen molar-refractivity contribution in [3.63, 3.8) is 0 Å². The van der Waals surface area contributed by atoms with Crippen LogP contribution in [-0.2, 0) is 11.2 Å². The first-order chi connectivity index (χ1) is 8.74. The highest BCUT2D eigenvalue weighted by atomic mass is 79.9. The van der Waals surface area contributed by atoms with Gasteiger partial charge < -0.3 is 10.6 Å². The lowest BCUT2D eigenvalue weighted by Crippen LogP contribution is -2.28. The number of amides is 1. The van der Waals surface area contributed by atoms with Crippen molar-refractivity contribution in [3.05, 3.63) is 20.8 Å². The number of thiophene rings is 1. The number of carbonyl (C=O) groups excluding carboxylic acids is 1. The van der Waals surface area contributed by atoms with E-state index in [4.69, 9.17) is 0 Å². The van der Waals surface area contributed by atoms with Crippen molar-refractivity contribution in [1.29, 1.82) is 0 Å². The molecule has 18 heavy (non-hydrogen) atoms. The predicted molar refractivity (Wildman–Crippen MR) is 79.0 cm³/mol. The summed E-state index contributed by atoms with van der Waals surface area (Å²) in [6.45, 7) is 1.85. The van der Waals surface area contributed by atoms with Gasteiger partial charge in [-0.25, -0.2) is 0 Å². The van der Waals surface area contributed by atoms with Gasteiger partial charge in [-0.15, -0.1) is 11.3 Å². The molecule has 1 aliphatic rings. The van der Waals surface area contributed by atoms with E-state index in [1.54, 1.807) is 11.3 Å². The summed E-state index contributed by atoms with van der Waals surface area (Å²) in [5, 5.41) is 6.40. The van der Waals surface area contributed by atoms with Crippen LogP contribution in [-0.4, -0.2) is 25.0 Å². The third-order valence-electron chi connectivity index (χ3n) is 3.20. The highest BCUT2D eigenvalue weighted by molar-refractivity contribution is 9.11. The van der Waals surface area contributed by atoms with Gasteiger partial charge >= 0.3 is 0 Å². The van der Waals surface area contributed by atoms with Gasteiger partial charge in [-0.2, -0.15) is 0 Å². The summed E-state index contributed by atoms with van der Waals surface area (Å²) < 4.78 is 1.15. The highest BCUT2D eigenvalue weighted by Crippen LogP contribution is 2.22. The van der Waals surface area contributed by atoms with Gasteiger partial charge in [0.1, 0.15) is 0 Å². The summed E-state index contributed by atoms with van der Waals surface area (Å²) in [6, 6.07) is 4.71. The van der Waals surface area contributed by atoms with Gasteiger partial charge in [0.15, 0.2) is 0 Å². The summed E-state index contributed by atoms with van der Waals surface area (Å²) >= 11 is 5.17. The average Bonchev–Trinajstić information content (AvgIpc) is 2.98. The Bertz CT molecular complexity index is 388. The highest BCUT2D eigenvalue weighted by Gasteiger charge is 2.14. The minimum absolute atomic E-state index is 0.180. The first kappa shape index (κ1) is 14.0. The van der Waals surface area contributed by atoms with Crippen LogP contribution in [0.15, 0.2) is 15.9 Å². The summed E-state index contributed by atoms with van der Waals surface area (Å²) in [5.41, 5.74) is 0. The topological polar surface area (TPSA) is 41.1 Å². The number of hydrogen-bond donors (Lipinski definition) is 2. The van der Waals surface area contributed by atoms with Crippen molar-refractivity contribution >= 4 is 33.2 Å². The van der Waals surface area contributed by atoms with E-state index in [0.29, 0.717) is 12.5 Å². The van der Waals surface area contributed by atoms with Crippen LogP contribution in [0.25, 0.3) is 0 Å². The summed E-state index contributed by atoms with van der Waals surface area (Å²) in [7, 11) is 0. The predicted octanol–water partition coefficient (Wildman–Crippen LogP) is 2.70. The number of rotatable bonds is 6. The molecule has 0 aliphatic carbocycles. The van der Waals surface area contributed by atoms with Gasteiger partial charge in [-0.05, 0) is 60.3 Å². The van der Waals surface area contributed by atoms with Gasteiger partial charge in [0.05, 0.1) is 3.79 Å². The zero-order valence-electron chi connectivity index (χ0n) is 10.4. The van der Waals surface area contributed by atoms with E-state index in [0.717, 1.165) is 29.7 Å². The Hall–Kier alpha value is -0.390. The summed E-state index contributed by atoms with van der Waals surface area (Å²) in [5.74, 6) is 0.180. The molecule has 2 heterocycles. The fourth-order valence-corrected chi connectivity index (χ4v) is 3.69. The van der Waals surface area contributed by atoms with E-state index >= 15 is 0 Å². The molecule has 100 valence electrons. The third-order valence-corrected chi connectivity index (χ3v) is 4.89. The molecule has 0 saturated carbocycles. The fraction of sp³-hybridized carbons (Fsp3) is 0.615. The molecule has 0 radical (unpaired) electrons. The molecule has 5 heteroatoms. The zero-order valence-corrected chi connectivity index (χ0v) is 12.8. The van der Waals surface area contributed by atoms with E-state index in [1.807, 2.05) is 6.07 Å². The fourth-order valence-electron chi connectivity index (χ4n) is 2.21. The second-order valence-corrected chi connectivity index (χ2v) is 7.19. The van der Waals surface area contributed by atoms with Crippen LogP contribution in [0.1, 0.15) is 30.6 Å². The van der Waals surface area contributed by atoms with Gasteiger partial charge in [0.2, 0.25) is 5.91 Å². The Labute approximate surface area is 120 Å². The van der Waals surface area contributed by atoms with E-state index in [9.17, 15) is 4.79 Å². The molecule has 2 N–H and O–H groups in total. The molecule has 0 bridgehead atoms. The van der Waals surface area contributed by atoms with E-state index in [2.05, 4.69) is 32.6 Å². The monoisotopic (exact) mass is 330 g/mol. The van der Waals surface area contributed by atoms with Crippen LogP contribution in [0.2, 0.25) is 0 Å². The minimum Gasteiger partial charge on any atom is -0.356 e. The molecule has 3 nitrogen and oxygen atoms in total. The maximum Gasteiger partial charge on any atom is 0.220 e. The summed E-state index contributed by atoms with van der Waals surface area (Å²) in [4.78, 5) is 13.0. The van der Waals surface area contributed by atoms with Crippen LogP contribution in [0.3, 0.4) is 0 Å². The number of hydrogen-bond acceptors (Lipinski definition) is 3. The van der Waals surface area contributed by atoms with E-state index < -0.39 is 0 Å². The molecule has 1 amide bonds. The maximum absolute atomic E-state index is 11.7. The van der Waals surface area contributed by atoms with Crippen molar-refractivity contribution in [1.82, 2.24) is 10.6 Å². The largest absolute Gasteiger partial charge is 0.356 e. The van der Waals surface area contributed by atoms with Crippen LogP contribution in [0.4, 0.5) is 0 Å². The molecule has 1 unspecified atom stereocenters. The quantitative estimate of drug-likeness (QED) is 0.842. The molecular weight excluding hydrogens is 312 g/mol. The zero-order chi connectivity index (χ0) is 12.8. The third kappa shape index (κ3) is 4.71. The first-order valence-electron chi connectivity index (χ1n) is 6.48. The molecular formula is C13H19BrN2OS. The molecule has 0 spiro atoms. The Morgan fingerprint density at radius 3 is 3.11 bits per heavy atom. The van der Waals surface area contributed by atoms with E-state index in [1.165, 1.54) is 17.7 Å². The SMILES string of the molecule is O=C(CCC1CCCN1)NCCc1ccc(Br)s1. The van der Waals surface area contributed by atoms with Crippen LogP contribution in [0, 0.1) is 0 Å². The van der Waals surface area contributed by atoms with Crippen LogP contribution < -0.4 is 10.6 Å². The Morgan fingerprint density at radius 1 is 1.56 bits per heavy atom. The Kier molecular flexibility index (Phi) is 5.66. The Balaban J connectivity index is 1.57. The molecule has 1 atom stereocenters. The number of nitrogens with one attached hydrogen (secondary N) is 2. The van der Waals surface area contributed by atoms with Crippen molar-refractivity contribution in [2.45, 2.75) is 38.1 Å². The van der Waals surface area contributed by atoms with Crippen molar-refractivity contribution in [3.8, 4) is 0 Å². The smallest absolute Gasteiger partial charge is 0.220 e. The van der Waals surface area contributed by atoms with Crippen molar-refractivity contribution in [2.24, 2.45) is 0 Å². The molecule has 1 aromatic heterocycles. The minimum atomic E-state index is 0.180. The molecule has 0 aromatic carbocycles. The van der Waals surface area contributed by atoms with E-state index in [-0.39, 0.29) is 5.91 Å². The lowest BCUT2D eigenvalue weighted by molar-refractivity contribution is -0.121. The lowest BCUT2D eigenvalue weighted by atomic mass is 10.1. The number of halogens is 1. The van der Waals surface area contributed by atoms with Crippen molar-refractivity contribution in [2.75, 3.05) is 13.1 Å². The molecule has 1 aliphatic heterocycles. The summed E-state index contributed by atoms with van der Waals surface area (Å²) in [6.07, 6.45) is 5.00.